The second kappa shape index (κ2) is 6.48. The minimum Gasteiger partial charge on any atom is -0.350 e. The maximum Gasteiger partial charge on any atom is 0.283 e. The van der Waals surface area contributed by atoms with E-state index in [4.69, 9.17) is 34.8 Å². The van der Waals surface area contributed by atoms with Crippen LogP contribution in [0.5, 0.6) is 0 Å². The Morgan fingerprint density at radius 2 is 1.58 bits per heavy atom. The molecule has 0 bridgehead atoms. The van der Waals surface area contributed by atoms with Crippen LogP contribution in [0.2, 0.25) is 10.0 Å². The number of benzene rings is 2. The molecule has 122 valence electrons. The van der Waals surface area contributed by atoms with Crippen molar-refractivity contribution in [3.8, 4) is 0 Å². The number of rotatable bonds is 3. The Morgan fingerprint density at radius 1 is 0.917 bits per heavy atom. The van der Waals surface area contributed by atoms with Gasteiger partial charge in [0.25, 0.3) is 11.8 Å². The van der Waals surface area contributed by atoms with E-state index in [1.165, 1.54) is 0 Å². The van der Waals surface area contributed by atoms with Crippen LogP contribution in [-0.4, -0.2) is 11.8 Å². The van der Waals surface area contributed by atoms with E-state index in [9.17, 15) is 9.59 Å². The van der Waals surface area contributed by atoms with Crippen LogP contribution in [0.3, 0.4) is 0 Å². The zero-order valence-corrected chi connectivity index (χ0v) is 14.7. The van der Waals surface area contributed by atoms with Crippen molar-refractivity contribution in [3.63, 3.8) is 0 Å². The van der Waals surface area contributed by atoms with E-state index in [0.29, 0.717) is 21.4 Å². The monoisotopic (exact) mass is 380 g/mol. The van der Waals surface area contributed by atoms with Gasteiger partial charge in [-0.2, -0.15) is 0 Å². The number of nitrogens with one attached hydrogen (secondary N) is 1. The highest BCUT2D eigenvalue weighted by Gasteiger charge is 2.38. The molecule has 1 aliphatic heterocycles. The zero-order chi connectivity index (χ0) is 17.4. The van der Waals surface area contributed by atoms with Crippen molar-refractivity contribution in [1.82, 2.24) is 0 Å². The largest absolute Gasteiger partial charge is 0.350 e. The summed E-state index contributed by atoms with van der Waals surface area (Å²) in [6.45, 7) is 1.87. The van der Waals surface area contributed by atoms with Gasteiger partial charge in [0.05, 0.1) is 5.69 Å². The van der Waals surface area contributed by atoms with Crippen LogP contribution in [0, 0.1) is 6.92 Å². The van der Waals surface area contributed by atoms with Gasteiger partial charge in [-0.15, -0.1) is 0 Å². The Kier molecular flexibility index (Phi) is 4.54. The molecule has 1 N–H and O–H groups in total. The number of amides is 2. The molecule has 0 aromatic heterocycles. The van der Waals surface area contributed by atoms with E-state index < -0.39 is 11.8 Å². The van der Waals surface area contributed by atoms with Crippen LogP contribution in [0.4, 0.5) is 11.4 Å². The van der Waals surface area contributed by atoms with E-state index in [1.807, 2.05) is 6.92 Å². The van der Waals surface area contributed by atoms with Crippen LogP contribution in [0.25, 0.3) is 0 Å². The summed E-state index contributed by atoms with van der Waals surface area (Å²) in [5.41, 5.74) is 1.87. The lowest BCUT2D eigenvalue weighted by atomic mass is 10.2. The van der Waals surface area contributed by atoms with Crippen LogP contribution < -0.4 is 10.2 Å². The topological polar surface area (TPSA) is 49.4 Å². The molecule has 2 aromatic carbocycles. The molecule has 0 radical (unpaired) electrons. The van der Waals surface area contributed by atoms with Gasteiger partial charge in [-0.1, -0.05) is 40.9 Å². The first-order chi connectivity index (χ1) is 11.4. The molecular formula is C17H11Cl3N2O2. The van der Waals surface area contributed by atoms with Gasteiger partial charge in [-0.05, 0) is 48.9 Å². The highest BCUT2D eigenvalue weighted by Crippen LogP contribution is 2.31. The van der Waals surface area contributed by atoms with Crippen molar-refractivity contribution in [3.05, 3.63) is 68.8 Å². The lowest BCUT2D eigenvalue weighted by Crippen LogP contribution is -2.32. The Morgan fingerprint density at radius 3 is 2.21 bits per heavy atom. The third-order valence-corrected chi connectivity index (χ3v) is 4.56. The van der Waals surface area contributed by atoms with Crippen molar-refractivity contribution in [2.75, 3.05) is 10.2 Å². The molecule has 3 rings (SSSR count). The van der Waals surface area contributed by atoms with Crippen molar-refractivity contribution < 1.29 is 9.59 Å². The summed E-state index contributed by atoms with van der Waals surface area (Å²) in [6, 6.07) is 11.6. The molecule has 2 aromatic rings. The summed E-state index contributed by atoms with van der Waals surface area (Å²) in [6.07, 6.45) is 0. The molecule has 0 atom stereocenters. The summed E-state index contributed by atoms with van der Waals surface area (Å²) >= 11 is 18.0. The van der Waals surface area contributed by atoms with Gasteiger partial charge in [-0.25, -0.2) is 4.90 Å². The lowest BCUT2D eigenvalue weighted by molar-refractivity contribution is -0.120. The highest BCUT2D eigenvalue weighted by atomic mass is 35.5. The summed E-state index contributed by atoms with van der Waals surface area (Å²) in [4.78, 5) is 25.9. The number of aryl methyl sites for hydroxylation is 1. The maximum atomic E-state index is 12.6. The van der Waals surface area contributed by atoms with Crippen molar-refractivity contribution in [2.45, 2.75) is 6.92 Å². The second-order valence-electron chi connectivity index (χ2n) is 5.20. The highest BCUT2D eigenvalue weighted by molar-refractivity contribution is 6.53. The number of hydrogen-bond donors (Lipinski definition) is 1. The first-order valence-corrected chi connectivity index (χ1v) is 8.09. The van der Waals surface area contributed by atoms with Gasteiger partial charge in [0.15, 0.2) is 0 Å². The van der Waals surface area contributed by atoms with Gasteiger partial charge in [0.2, 0.25) is 0 Å². The van der Waals surface area contributed by atoms with Gasteiger partial charge >= 0.3 is 0 Å². The van der Waals surface area contributed by atoms with Gasteiger partial charge < -0.3 is 5.32 Å². The summed E-state index contributed by atoms with van der Waals surface area (Å²) in [7, 11) is 0. The van der Waals surface area contributed by atoms with Crippen LogP contribution in [-0.2, 0) is 9.59 Å². The average Bonchev–Trinajstić information content (AvgIpc) is 2.76. The van der Waals surface area contributed by atoms with Crippen molar-refractivity contribution in [2.24, 2.45) is 0 Å². The summed E-state index contributed by atoms with van der Waals surface area (Å²) in [5.74, 6) is -1.13. The molecule has 0 saturated heterocycles. The van der Waals surface area contributed by atoms with Crippen LogP contribution in [0.1, 0.15) is 5.56 Å². The number of nitrogens with zero attached hydrogens (tertiary/aromatic N) is 1. The van der Waals surface area contributed by atoms with Crippen LogP contribution >= 0.6 is 34.8 Å². The van der Waals surface area contributed by atoms with E-state index in [0.717, 1.165) is 10.5 Å². The number of hydrogen-bond acceptors (Lipinski definition) is 3. The average molecular weight is 382 g/mol. The van der Waals surface area contributed by atoms with Gasteiger partial charge in [-0.3, -0.25) is 9.59 Å². The van der Waals surface area contributed by atoms with E-state index in [-0.39, 0.29) is 10.7 Å². The van der Waals surface area contributed by atoms with Crippen molar-refractivity contribution in [1.29, 1.82) is 0 Å². The molecule has 0 aliphatic carbocycles. The Labute approximate surface area is 153 Å². The Hall–Kier alpha value is -2.01. The van der Waals surface area contributed by atoms with Crippen LogP contribution in [0.15, 0.2) is 53.2 Å². The smallest absolute Gasteiger partial charge is 0.283 e. The first kappa shape index (κ1) is 16.8. The fourth-order valence-corrected chi connectivity index (χ4v) is 2.77. The number of carbonyl (C=O) groups is 2. The standard InChI is InChI=1S/C17H11Cl3N2O2/c1-9-2-5-11(8-13(9)19)21-15-14(20)16(23)22(17(15)24)12-6-3-10(18)4-7-12/h2-8,21H,1H3. The normalized spacial score (nSPS) is 14.6. The van der Waals surface area contributed by atoms with E-state index in [1.54, 1.807) is 42.5 Å². The van der Waals surface area contributed by atoms with Crippen molar-refractivity contribution >= 4 is 58.0 Å². The molecule has 24 heavy (non-hydrogen) atoms. The number of imide groups is 1. The maximum absolute atomic E-state index is 12.6. The number of anilines is 2. The minimum absolute atomic E-state index is 0.0107. The molecule has 4 nitrogen and oxygen atoms in total. The number of halogens is 3. The molecule has 1 heterocycles. The lowest BCUT2D eigenvalue weighted by Gasteiger charge is -2.15. The molecule has 0 spiro atoms. The SMILES string of the molecule is Cc1ccc(NC2=C(Cl)C(=O)N(c3ccc(Cl)cc3)C2=O)cc1Cl. The molecule has 1 aliphatic rings. The van der Waals surface area contributed by atoms with E-state index >= 15 is 0 Å². The first-order valence-electron chi connectivity index (χ1n) is 6.96. The molecule has 7 heteroatoms. The third kappa shape index (κ3) is 3.00. The molecule has 2 amide bonds. The predicted octanol–water partition coefficient (Wildman–Crippen LogP) is 4.74. The molecule has 0 fully saturated rings. The fraction of sp³-hybridized carbons (Fsp3) is 0.0588. The predicted molar refractivity (Wildman–Crippen MR) is 96.6 cm³/mol. The minimum atomic E-state index is -0.593. The Bertz CT molecular complexity index is 876. The van der Waals surface area contributed by atoms with Gasteiger partial charge in [0, 0.05) is 15.7 Å². The summed E-state index contributed by atoms with van der Waals surface area (Å²) < 4.78 is 0. The van der Waals surface area contributed by atoms with Gasteiger partial charge in [0.1, 0.15) is 10.7 Å². The molecule has 0 unspecified atom stereocenters. The molecule has 0 saturated carbocycles. The fourth-order valence-electron chi connectivity index (χ4n) is 2.25. The third-order valence-electron chi connectivity index (χ3n) is 3.55. The quantitative estimate of drug-likeness (QED) is 0.781. The number of carbonyl (C=O) groups excluding carboxylic acids is 2. The Balaban J connectivity index is 1.91. The summed E-state index contributed by atoms with van der Waals surface area (Å²) in [5, 5.41) is 3.75. The zero-order valence-electron chi connectivity index (χ0n) is 12.4. The van der Waals surface area contributed by atoms with E-state index in [2.05, 4.69) is 5.32 Å². The second-order valence-corrected chi connectivity index (χ2v) is 6.42. The molecular weight excluding hydrogens is 371 g/mol.